The topological polar surface area (TPSA) is 40.5 Å². The average molecular weight is 325 g/mol. The van der Waals surface area contributed by atoms with Gasteiger partial charge in [0.15, 0.2) is 0 Å². The number of hydrogen-bond donors (Lipinski definition) is 2. The smallest absolute Gasteiger partial charge is 0.0747 e. The van der Waals surface area contributed by atoms with Crippen LogP contribution in [0.25, 0.3) is 0 Å². The van der Waals surface area contributed by atoms with Crippen LogP contribution in [0, 0.1) is 5.92 Å². The van der Waals surface area contributed by atoms with E-state index in [1.54, 1.807) is 0 Å². The van der Waals surface area contributed by atoms with Crippen molar-refractivity contribution in [2.75, 3.05) is 6.61 Å². The molecule has 0 saturated heterocycles. The molecule has 0 aliphatic heterocycles. The van der Waals surface area contributed by atoms with Crippen molar-refractivity contribution < 1.29 is 10.2 Å². The van der Waals surface area contributed by atoms with Gasteiger partial charge in [-0.1, -0.05) is 64.0 Å². The maximum Gasteiger partial charge on any atom is 0.0747 e. The molecule has 2 unspecified atom stereocenters. The second-order valence-electron chi connectivity index (χ2n) is 6.82. The van der Waals surface area contributed by atoms with Crippen LogP contribution < -0.4 is 0 Å². The lowest BCUT2D eigenvalue weighted by Gasteiger charge is -2.17. The molecule has 0 amide bonds. The molecular formula is C21H40O2. The predicted molar refractivity (Wildman–Crippen MR) is 102 cm³/mol. The Morgan fingerprint density at radius 3 is 2.17 bits per heavy atom. The maximum absolute atomic E-state index is 10.0. The fourth-order valence-corrected chi connectivity index (χ4v) is 3.16. The standard InChI is InChI=1S/C21H40O2/c1-4-6-8-14-20(16-11-12-18-22)15-9-7-10-17-21(23)19(3)13-5-2/h4,13,20-23H,1,5-12,14-18H2,2-3H3. The molecule has 0 spiro atoms. The largest absolute Gasteiger partial charge is 0.396 e. The normalized spacial score (nSPS) is 14.7. The van der Waals surface area contributed by atoms with Gasteiger partial charge in [0.25, 0.3) is 0 Å². The van der Waals surface area contributed by atoms with Crippen LogP contribution in [-0.2, 0) is 0 Å². The van der Waals surface area contributed by atoms with Crippen molar-refractivity contribution in [3.8, 4) is 0 Å². The van der Waals surface area contributed by atoms with Gasteiger partial charge in [0, 0.05) is 6.61 Å². The van der Waals surface area contributed by atoms with E-state index in [-0.39, 0.29) is 6.10 Å². The van der Waals surface area contributed by atoms with E-state index in [4.69, 9.17) is 5.11 Å². The quantitative estimate of drug-likeness (QED) is 0.279. The third-order valence-electron chi connectivity index (χ3n) is 4.68. The van der Waals surface area contributed by atoms with E-state index in [2.05, 4.69) is 19.6 Å². The third-order valence-corrected chi connectivity index (χ3v) is 4.68. The van der Waals surface area contributed by atoms with Gasteiger partial charge in [-0.3, -0.25) is 0 Å². The highest BCUT2D eigenvalue weighted by Crippen LogP contribution is 2.23. The van der Waals surface area contributed by atoms with Crippen LogP contribution in [0.15, 0.2) is 24.3 Å². The molecule has 0 aliphatic carbocycles. The second-order valence-corrected chi connectivity index (χ2v) is 6.82. The molecule has 23 heavy (non-hydrogen) atoms. The molecule has 2 N–H and O–H groups in total. The molecular weight excluding hydrogens is 284 g/mol. The predicted octanol–water partition coefficient (Wildman–Crippen LogP) is 5.79. The van der Waals surface area contributed by atoms with E-state index in [1.807, 2.05) is 13.0 Å². The van der Waals surface area contributed by atoms with E-state index >= 15 is 0 Å². The first kappa shape index (κ1) is 22.4. The van der Waals surface area contributed by atoms with Gasteiger partial charge in [-0.25, -0.2) is 0 Å². The van der Waals surface area contributed by atoms with E-state index in [0.717, 1.165) is 50.0 Å². The lowest BCUT2D eigenvalue weighted by atomic mass is 9.90. The Kier molecular flexibility index (Phi) is 15.8. The van der Waals surface area contributed by atoms with Crippen molar-refractivity contribution in [2.45, 2.75) is 97.0 Å². The summed E-state index contributed by atoms with van der Waals surface area (Å²) >= 11 is 0. The van der Waals surface area contributed by atoms with Crippen LogP contribution in [0.5, 0.6) is 0 Å². The summed E-state index contributed by atoms with van der Waals surface area (Å²) in [4.78, 5) is 0. The van der Waals surface area contributed by atoms with Gasteiger partial charge < -0.3 is 10.2 Å². The zero-order valence-electron chi connectivity index (χ0n) is 15.6. The molecule has 0 bridgehead atoms. The molecule has 0 fully saturated rings. The summed E-state index contributed by atoms with van der Waals surface area (Å²) in [6.45, 7) is 8.27. The number of aliphatic hydroxyl groups excluding tert-OH is 2. The molecule has 0 rings (SSSR count). The summed E-state index contributed by atoms with van der Waals surface area (Å²) in [5.41, 5.74) is 1.12. The highest BCUT2D eigenvalue weighted by atomic mass is 16.3. The van der Waals surface area contributed by atoms with Crippen molar-refractivity contribution in [1.82, 2.24) is 0 Å². The summed E-state index contributed by atoms with van der Waals surface area (Å²) in [7, 11) is 0. The van der Waals surface area contributed by atoms with E-state index in [1.165, 1.54) is 38.5 Å². The van der Waals surface area contributed by atoms with Gasteiger partial charge in [0.2, 0.25) is 0 Å². The Hall–Kier alpha value is -0.600. The van der Waals surface area contributed by atoms with Crippen molar-refractivity contribution in [2.24, 2.45) is 5.92 Å². The van der Waals surface area contributed by atoms with Crippen molar-refractivity contribution in [3.05, 3.63) is 24.3 Å². The lowest BCUT2D eigenvalue weighted by Crippen LogP contribution is -2.08. The van der Waals surface area contributed by atoms with Gasteiger partial charge in [-0.05, 0) is 50.5 Å². The molecule has 0 radical (unpaired) electrons. The van der Waals surface area contributed by atoms with Crippen molar-refractivity contribution in [3.63, 3.8) is 0 Å². The fourth-order valence-electron chi connectivity index (χ4n) is 3.16. The minimum absolute atomic E-state index is 0.247. The molecule has 136 valence electrons. The first-order valence-electron chi connectivity index (χ1n) is 9.72. The third kappa shape index (κ3) is 13.5. The van der Waals surface area contributed by atoms with Crippen LogP contribution in [-0.4, -0.2) is 22.9 Å². The van der Waals surface area contributed by atoms with Crippen LogP contribution in [0.1, 0.15) is 90.9 Å². The molecule has 0 heterocycles. The highest BCUT2D eigenvalue weighted by Gasteiger charge is 2.09. The molecule has 0 saturated carbocycles. The van der Waals surface area contributed by atoms with Crippen molar-refractivity contribution >= 4 is 0 Å². The van der Waals surface area contributed by atoms with E-state index in [0.29, 0.717) is 6.61 Å². The van der Waals surface area contributed by atoms with Crippen LogP contribution in [0.3, 0.4) is 0 Å². The minimum atomic E-state index is -0.247. The highest BCUT2D eigenvalue weighted by molar-refractivity contribution is 5.03. The summed E-state index contributed by atoms with van der Waals surface area (Å²) < 4.78 is 0. The lowest BCUT2D eigenvalue weighted by molar-refractivity contribution is 0.195. The molecule has 2 atom stereocenters. The van der Waals surface area contributed by atoms with Crippen LogP contribution in [0.2, 0.25) is 0 Å². The number of allylic oxidation sites excluding steroid dienone is 2. The summed E-state index contributed by atoms with van der Waals surface area (Å²) in [6.07, 6.45) is 17.7. The Morgan fingerprint density at radius 2 is 1.57 bits per heavy atom. The second kappa shape index (κ2) is 16.3. The Bertz CT molecular complexity index is 296. The molecule has 0 aliphatic rings. The van der Waals surface area contributed by atoms with E-state index < -0.39 is 0 Å². The molecule has 2 heteroatoms. The van der Waals surface area contributed by atoms with Gasteiger partial charge in [0.1, 0.15) is 0 Å². The number of hydrogen-bond acceptors (Lipinski definition) is 2. The van der Waals surface area contributed by atoms with Crippen molar-refractivity contribution in [1.29, 1.82) is 0 Å². The average Bonchev–Trinajstić information content (AvgIpc) is 2.54. The number of aliphatic hydroxyl groups is 2. The van der Waals surface area contributed by atoms with Gasteiger partial charge in [-0.15, -0.1) is 6.58 Å². The molecule has 0 aromatic heterocycles. The summed E-state index contributed by atoms with van der Waals surface area (Å²) in [5, 5.41) is 19.0. The van der Waals surface area contributed by atoms with Gasteiger partial charge in [-0.2, -0.15) is 0 Å². The van der Waals surface area contributed by atoms with Gasteiger partial charge >= 0.3 is 0 Å². The van der Waals surface area contributed by atoms with Gasteiger partial charge in [0.05, 0.1) is 6.10 Å². The fraction of sp³-hybridized carbons (Fsp3) is 0.810. The Morgan fingerprint density at radius 1 is 0.957 bits per heavy atom. The molecule has 2 nitrogen and oxygen atoms in total. The summed E-state index contributed by atoms with van der Waals surface area (Å²) in [5.74, 6) is 0.799. The van der Waals surface area contributed by atoms with E-state index in [9.17, 15) is 5.11 Å². The monoisotopic (exact) mass is 324 g/mol. The first-order valence-corrected chi connectivity index (χ1v) is 9.72. The zero-order valence-corrected chi connectivity index (χ0v) is 15.6. The SMILES string of the molecule is C=CCCCC(CCCCO)CCCCCC(O)C(C)=CCC. The number of unbranched alkanes of at least 4 members (excludes halogenated alkanes) is 4. The minimum Gasteiger partial charge on any atom is -0.396 e. The maximum atomic E-state index is 10.0. The molecule has 0 aromatic carbocycles. The molecule has 0 aromatic rings. The Labute approximate surface area is 144 Å². The van der Waals surface area contributed by atoms with Crippen LogP contribution >= 0.6 is 0 Å². The first-order chi connectivity index (χ1) is 11.2. The zero-order chi connectivity index (χ0) is 17.3. The Balaban J connectivity index is 3.86. The summed E-state index contributed by atoms with van der Waals surface area (Å²) in [6, 6.07) is 0. The number of rotatable bonds is 16. The van der Waals surface area contributed by atoms with Crippen LogP contribution in [0.4, 0.5) is 0 Å².